The molecule has 1 N–H and O–H groups in total. The van der Waals surface area contributed by atoms with Crippen LogP contribution in [0.5, 0.6) is 0 Å². The number of rotatable bonds is 12. The van der Waals surface area contributed by atoms with Gasteiger partial charge in [-0.15, -0.1) is 11.8 Å². The maximum absolute atomic E-state index is 13.6. The summed E-state index contributed by atoms with van der Waals surface area (Å²) in [6.07, 6.45) is 1.19. The number of benzene rings is 3. The van der Waals surface area contributed by atoms with Crippen LogP contribution in [0.25, 0.3) is 0 Å². The summed E-state index contributed by atoms with van der Waals surface area (Å²) in [5, 5.41) is 3.65. The molecule has 0 unspecified atom stereocenters. The Morgan fingerprint density at radius 3 is 2.33 bits per heavy atom. The van der Waals surface area contributed by atoms with E-state index in [0.29, 0.717) is 17.2 Å². The van der Waals surface area contributed by atoms with E-state index in [9.17, 15) is 14.0 Å². The minimum atomic E-state index is -0.681. The molecule has 0 spiro atoms. The zero-order valence-electron chi connectivity index (χ0n) is 20.6. The number of amides is 2. The fourth-order valence-electron chi connectivity index (χ4n) is 3.75. The van der Waals surface area contributed by atoms with Crippen LogP contribution in [0.3, 0.4) is 0 Å². The van der Waals surface area contributed by atoms with Gasteiger partial charge in [0.1, 0.15) is 11.9 Å². The lowest BCUT2D eigenvalue weighted by atomic mass is 10.0. The Hall–Kier alpha value is -2.83. The number of hydrogen-bond acceptors (Lipinski definition) is 3. The maximum atomic E-state index is 13.6. The molecule has 0 fully saturated rings. The predicted octanol–water partition coefficient (Wildman–Crippen LogP) is 6.27. The predicted molar refractivity (Wildman–Crippen MR) is 146 cm³/mol. The molecule has 2 amide bonds. The molecule has 4 nitrogen and oxygen atoms in total. The third kappa shape index (κ3) is 8.68. The fraction of sp³-hybridized carbons (Fsp3) is 0.310. The van der Waals surface area contributed by atoms with Gasteiger partial charge in [0.2, 0.25) is 11.8 Å². The molecule has 0 saturated carbocycles. The summed E-state index contributed by atoms with van der Waals surface area (Å²) in [5.41, 5.74) is 2.77. The van der Waals surface area contributed by atoms with Crippen molar-refractivity contribution in [2.45, 2.75) is 51.1 Å². The number of carbonyl (C=O) groups excluding carboxylic acids is 2. The second kappa shape index (κ2) is 14.0. The van der Waals surface area contributed by atoms with Crippen molar-refractivity contribution in [1.29, 1.82) is 0 Å². The third-order valence-electron chi connectivity index (χ3n) is 5.92. The highest BCUT2D eigenvalue weighted by Gasteiger charge is 2.30. The van der Waals surface area contributed by atoms with Crippen LogP contribution in [0.4, 0.5) is 4.39 Å². The van der Waals surface area contributed by atoms with Gasteiger partial charge < -0.3 is 10.2 Å². The smallest absolute Gasteiger partial charge is 0.243 e. The lowest BCUT2D eigenvalue weighted by molar-refractivity contribution is -0.139. The molecule has 2 atom stereocenters. The Morgan fingerprint density at radius 1 is 0.972 bits per heavy atom. The SMILES string of the molecule is CC[C@H](C)NC(=O)[C@@H](Cc1ccccc1)N(Cc1cccc(Cl)c1)C(=O)CSCc1ccc(F)cc1. The number of halogens is 2. The molecule has 0 aliphatic carbocycles. The molecule has 7 heteroatoms. The minimum absolute atomic E-state index is 0.00764. The van der Waals surface area contributed by atoms with Crippen molar-refractivity contribution in [3.63, 3.8) is 0 Å². The summed E-state index contributed by atoms with van der Waals surface area (Å²) in [6, 6.07) is 22.7. The van der Waals surface area contributed by atoms with Crippen molar-refractivity contribution < 1.29 is 14.0 Å². The van der Waals surface area contributed by atoms with Crippen LogP contribution in [0.1, 0.15) is 37.0 Å². The second-order valence-electron chi connectivity index (χ2n) is 8.79. The average Bonchev–Trinajstić information content (AvgIpc) is 2.87. The average molecular weight is 527 g/mol. The van der Waals surface area contributed by atoms with Crippen LogP contribution in [0.15, 0.2) is 78.9 Å². The molecule has 0 aliphatic heterocycles. The van der Waals surface area contributed by atoms with E-state index < -0.39 is 6.04 Å². The molecule has 0 heterocycles. The van der Waals surface area contributed by atoms with Gasteiger partial charge in [0.15, 0.2) is 0 Å². The maximum Gasteiger partial charge on any atom is 0.243 e. The van der Waals surface area contributed by atoms with Crippen LogP contribution in [0, 0.1) is 5.82 Å². The molecule has 36 heavy (non-hydrogen) atoms. The zero-order chi connectivity index (χ0) is 25.9. The zero-order valence-corrected chi connectivity index (χ0v) is 22.2. The van der Waals surface area contributed by atoms with Crippen LogP contribution in [-0.2, 0) is 28.3 Å². The number of nitrogens with one attached hydrogen (secondary N) is 1. The topological polar surface area (TPSA) is 49.4 Å². The van der Waals surface area contributed by atoms with Crippen molar-refractivity contribution in [3.8, 4) is 0 Å². The van der Waals surface area contributed by atoms with Gasteiger partial charge in [0.05, 0.1) is 5.75 Å². The Morgan fingerprint density at radius 2 is 1.67 bits per heavy atom. The Labute approximate surface area is 222 Å². The van der Waals surface area contributed by atoms with Crippen molar-refractivity contribution in [3.05, 3.63) is 106 Å². The summed E-state index contributed by atoms with van der Waals surface area (Å²) in [5.74, 6) is 0.164. The molecule has 0 aliphatic rings. The summed E-state index contributed by atoms with van der Waals surface area (Å²) >= 11 is 7.66. The van der Waals surface area contributed by atoms with Gasteiger partial charge in [0.25, 0.3) is 0 Å². The van der Waals surface area contributed by atoms with E-state index >= 15 is 0 Å². The highest BCUT2D eigenvalue weighted by molar-refractivity contribution is 7.99. The normalized spacial score (nSPS) is 12.6. The van der Waals surface area contributed by atoms with E-state index in [4.69, 9.17) is 11.6 Å². The van der Waals surface area contributed by atoms with Crippen LogP contribution in [0.2, 0.25) is 5.02 Å². The van der Waals surface area contributed by atoms with Crippen LogP contribution in [-0.4, -0.2) is 34.6 Å². The first kappa shape index (κ1) is 27.8. The molecule has 190 valence electrons. The summed E-state index contributed by atoms with van der Waals surface area (Å²) in [7, 11) is 0. The van der Waals surface area contributed by atoms with Crippen molar-refractivity contribution >= 4 is 35.2 Å². The third-order valence-corrected chi connectivity index (χ3v) is 7.15. The second-order valence-corrected chi connectivity index (χ2v) is 10.2. The molecule has 0 aromatic heterocycles. The molecular weight excluding hydrogens is 495 g/mol. The van der Waals surface area contributed by atoms with Crippen LogP contribution >= 0.6 is 23.4 Å². The monoisotopic (exact) mass is 526 g/mol. The standard InChI is InChI=1S/C29H32ClFN2O2S/c1-3-21(2)32-29(35)27(17-22-8-5-4-6-9-22)33(18-24-10-7-11-25(30)16-24)28(34)20-36-19-23-12-14-26(31)15-13-23/h4-16,21,27H,3,17-20H2,1-2H3,(H,32,35)/t21-,27+/m0/s1. The van der Waals surface area contributed by atoms with Crippen molar-refractivity contribution in [2.24, 2.45) is 0 Å². The summed E-state index contributed by atoms with van der Waals surface area (Å²) in [4.78, 5) is 28.7. The Balaban J connectivity index is 1.85. The quantitative estimate of drug-likeness (QED) is 0.303. The van der Waals surface area contributed by atoms with Crippen molar-refractivity contribution in [2.75, 3.05) is 5.75 Å². The van der Waals surface area contributed by atoms with E-state index in [1.807, 2.05) is 62.4 Å². The molecule has 0 radical (unpaired) electrons. The van der Waals surface area contributed by atoms with E-state index in [-0.39, 0.29) is 36.0 Å². The van der Waals surface area contributed by atoms with E-state index in [0.717, 1.165) is 23.1 Å². The first-order chi connectivity index (χ1) is 17.4. The van der Waals surface area contributed by atoms with E-state index in [1.54, 1.807) is 23.1 Å². The van der Waals surface area contributed by atoms with Crippen molar-refractivity contribution in [1.82, 2.24) is 10.2 Å². The highest BCUT2D eigenvalue weighted by atomic mass is 35.5. The van der Waals surface area contributed by atoms with Gasteiger partial charge in [-0.2, -0.15) is 0 Å². The fourth-order valence-corrected chi connectivity index (χ4v) is 4.83. The Bertz CT molecular complexity index is 1130. The van der Waals surface area contributed by atoms with Gasteiger partial charge >= 0.3 is 0 Å². The van der Waals surface area contributed by atoms with Gasteiger partial charge in [-0.25, -0.2) is 4.39 Å². The molecule has 3 aromatic rings. The number of thioether (sulfide) groups is 1. The number of nitrogens with zero attached hydrogens (tertiary/aromatic N) is 1. The lowest BCUT2D eigenvalue weighted by Gasteiger charge is -2.32. The lowest BCUT2D eigenvalue weighted by Crippen LogP contribution is -2.52. The van der Waals surface area contributed by atoms with Crippen LogP contribution < -0.4 is 5.32 Å². The molecule has 3 rings (SSSR count). The molecule has 0 bridgehead atoms. The van der Waals surface area contributed by atoms with Gasteiger partial charge in [0, 0.05) is 29.8 Å². The largest absolute Gasteiger partial charge is 0.352 e. The van der Waals surface area contributed by atoms with E-state index in [2.05, 4.69) is 5.32 Å². The van der Waals surface area contributed by atoms with Gasteiger partial charge in [-0.3, -0.25) is 9.59 Å². The van der Waals surface area contributed by atoms with Gasteiger partial charge in [-0.05, 0) is 54.3 Å². The molecule has 3 aromatic carbocycles. The summed E-state index contributed by atoms with van der Waals surface area (Å²) < 4.78 is 13.2. The molecule has 0 saturated heterocycles. The molecular formula is C29H32ClFN2O2S. The van der Waals surface area contributed by atoms with Gasteiger partial charge in [-0.1, -0.05) is 73.1 Å². The Kier molecular flexibility index (Phi) is 10.8. The number of hydrogen-bond donors (Lipinski definition) is 1. The minimum Gasteiger partial charge on any atom is -0.352 e. The number of carbonyl (C=O) groups is 2. The first-order valence-electron chi connectivity index (χ1n) is 12.1. The van der Waals surface area contributed by atoms with E-state index in [1.165, 1.54) is 23.9 Å². The first-order valence-corrected chi connectivity index (χ1v) is 13.6. The highest BCUT2D eigenvalue weighted by Crippen LogP contribution is 2.20. The summed E-state index contributed by atoms with van der Waals surface area (Å²) in [6.45, 7) is 4.24.